The van der Waals surface area contributed by atoms with Crippen LogP contribution in [0.3, 0.4) is 0 Å². The number of nitriles is 1. The number of halogens is 5. The molecule has 92 valence electrons. The molecule has 0 aliphatic heterocycles. The largest absolute Gasteiger partial charge is 0.416 e. The lowest BCUT2D eigenvalue weighted by Crippen LogP contribution is -2.04. The van der Waals surface area contributed by atoms with Crippen molar-refractivity contribution >= 4 is 34.1 Å². The first-order chi connectivity index (χ1) is 8.34. The van der Waals surface area contributed by atoms with Crippen LogP contribution in [0.5, 0.6) is 0 Å². The Morgan fingerprint density at radius 3 is 2.44 bits per heavy atom. The third kappa shape index (κ3) is 2.09. The van der Waals surface area contributed by atoms with Crippen molar-refractivity contribution in [3.8, 4) is 6.07 Å². The molecule has 7 heteroatoms. The highest BCUT2D eigenvalue weighted by Crippen LogP contribution is 2.35. The molecule has 0 fully saturated rings. The van der Waals surface area contributed by atoms with Gasteiger partial charge in [-0.25, -0.2) is 4.98 Å². The van der Waals surface area contributed by atoms with Gasteiger partial charge in [-0.15, -0.1) is 0 Å². The first-order valence-electron chi connectivity index (χ1n) is 4.60. The van der Waals surface area contributed by atoms with E-state index in [1.165, 1.54) is 0 Å². The van der Waals surface area contributed by atoms with Crippen LogP contribution in [-0.2, 0) is 6.18 Å². The standard InChI is InChI=1S/C11H3Cl2F3N2/c12-9-6-3-5(11(14,15)16)1-2-8(6)18-10(13)7(9)4-17/h1-3H. The van der Waals surface area contributed by atoms with E-state index in [9.17, 15) is 13.2 Å². The monoisotopic (exact) mass is 290 g/mol. The fourth-order valence-corrected chi connectivity index (χ4v) is 2.03. The molecule has 18 heavy (non-hydrogen) atoms. The second-order valence-electron chi connectivity index (χ2n) is 3.43. The van der Waals surface area contributed by atoms with Gasteiger partial charge in [-0.2, -0.15) is 18.4 Å². The van der Waals surface area contributed by atoms with E-state index >= 15 is 0 Å². The van der Waals surface area contributed by atoms with Crippen LogP contribution in [0.2, 0.25) is 10.2 Å². The molecule has 0 unspecified atom stereocenters. The molecule has 0 aliphatic rings. The van der Waals surface area contributed by atoms with Crippen LogP contribution in [0.15, 0.2) is 18.2 Å². The maximum absolute atomic E-state index is 12.6. The summed E-state index contributed by atoms with van der Waals surface area (Å²) in [4.78, 5) is 3.82. The SMILES string of the molecule is N#Cc1c(Cl)nc2ccc(C(F)(F)F)cc2c1Cl. The minimum Gasteiger partial charge on any atom is -0.235 e. The highest BCUT2D eigenvalue weighted by molar-refractivity contribution is 6.39. The predicted molar refractivity (Wildman–Crippen MR) is 61.5 cm³/mol. The summed E-state index contributed by atoms with van der Waals surface area (Å²) in [5.41, 5.74) is -0.785. The molecule has 0 radical (unpaired) electrons. The van der Waals surface area contributed by atoms with Crippen molar-refractivity contribution in [3.05, 3.63) is 39.5 Å². The number of nitrogens with zero attached hydrogens (tertiary/aromatic N) is 2. The summed E-state index contributed by atoms with van der Waals surface area (Å²) >= 11 is 11.6. The van der Waals surface area contributed by atoms with E-state index in [1.54, 1.807) is 6.07 Å². The van der Waals surface area contributed by atoms with Gasteiger partial charge in [-0.05, 0) is 18.2 Å². The number of hydrogen-bond donors (Lipinski definition) is 0. The van der Waals surface area contributed by atoms with Crippen molar-refractivity contribution in [3.63, 3.8) is 0 Å². The van der Waals surface area contributed by atoms with E-state index < -0.39 is 11.7 Å². The summed E-state index contributed by atoms with van der Waals surface area (Å²) in [5.74, 6) is 0. The summed E-state index contributed by atoms with van der Waals surface area (Å²) in [5, 5.41) is 8.60. The van der Waals surface area contributed by atoms with Crippen LogP contribution >= 0.6 is 23.2 Å². The van der Waals surface area contributed by atoms with Crippen molar-refractivity contribution in [2.45, 2.75) is 6.18 Å². The molecule has 0 bridgehead atoms. The molecule has 0 N–H and O–H groups in total. The minimum atomic E-state index is -4.48. The van der Waals surface area contributed by atoms with E-state index in [1.807, 2.05) is 0 Å². The molecule has 0 saturated heterocycles. The Labute approximate surface area is 110 Å². The van der Waals surface area contributed by atoms with Crippen molar-refractivity contribution in [2.75, 3.05) is 0 Å². The van der Waals surface area contributed by atoms with E-state index in [0.29, 0.717) is 0 Å². The number of hydrogen-bond acceptors (Lipinski definition) is 2. The summed E-state index contributed by atoms with van der Waals surface area (Å²) < 4.78 is 37.7. The lowest BCUT2D eigenvalue weighted by atomic mass is 10.1. The Morgan fingerprint density at radius 1 is 1.22 bits per heavy atom. The lowest BCUT2D eigenvalue weighted by molar-refractivity contribution is -0.137. The molecule has 2 nitrogen and oxygen atoms in total. The van der Waals surface area contributed by atoms with Crippen LogP contribution in [0.1, 0.15) is 11.1 Å². The topological polar surface area (TPSA) is 36.7 Å². The molecule has 0 aliphatic carbocycles. The second kappa shape index (κ2) is 4.30. The van der Waals surface area contributed by atoms with Gasteiger partial charge < -0.3 is 0 Å². The van der Waals surface area contributed by atoms with E-state index in [-0.39, 0.29) is 26.6 Å². The molecule has 0 atom stereocenters. The minimum absolute atomic E-state index is 0.0486. The Morgan fingerprint density at radius 2 is 1.89 bits per heavy atom. The van der Waals surface area contributed by atoms with Crippen molar-refractivity contribution in [2.24, 2.45) is 0 Å². The smallest absolute Gasteiger partial charge is 0.235 e. The fraction of sp³-hybridized carbons (Fsp3) is 0.0909. The molecule has 2 rings (SSSR count). The third-order valence-corrected chi connectivity index (χ3v) is 2.98. The number of pyridine rings is 1. The van der Waals surface area contributed by atoms with Gasteiger partial charge in [0.1, 0.15) is 16.8 Å². The van der Waals surface area contributed by atoms with E-state index in [4.69, 9.17) is 28.5 Å². The highest BCUT2D eigenvalue weighted by atomic mass is 35.5. The lowest BCUT2D eigenvalue weighted by Gasteiger charge is -2.09. The second-order valence-corrected chi connectivity index (χ2v) is 4.17. The number of rotatable bonds is 0. The van der Waals surface area contributed by atoms with Crippen molar-refractivity contribution in [1.29, 1.82) is 5.26 Å². The van der Waals surface area contributed by atoms with E-state index in [0.717, 1.165) is 18.2 Å². The molecule has 0 saturated carbocycles. The summed E-state index contributed by atoms with van der Waals surface area (Å²) in [7, 11) is 0. The van der Waals surface area contributed by atoms with Gasteiger partial charge in [-0.3, -0.25) is 0 Å². The Hall–Kier alpha value is -1.51. The number of aromatic nitrogens is 1. The molecule has 2 aromatic rings. The number of alkyl halides is 3. The van der Waals surface area contributed by atoms with Gasteiger partial charge in [0, 0.05) is 5.39 Å². The van der Waals surface area contributed by atoms with Crippen LogP contribution in [-0.4, -0.2) is 4.98 Å². The van der Waals surface area contributed by atoms with Gasteiger partial charge in [0.15, 0.2) is 0 Å². The fourth-order valence-electron chi connectivity index (χ4n) is 1.47. The third-order valence-electron chi connectivity index (χ3n) is 2.32. The van der Waals surface area contributed by atoms with Gasteiger partial charge in [0.2, 0.25) is 0 Å². The molecular formula is C11H3Cl2F3N2. The molecule has 0 amide bonds. The zero-order valence-electron chi connectivity index (χ0n) is 8.52. The number of benzene rings is 1. The van der Waals surface area contributed by atoms with Crippen LogP contribution in [0.25, 0.3) is 10.9 Å². The van der Waals surface area contributed by atoms with Gasteiger partial charge in [0.05, 0.1) is 16.1 Å². The zero-order chi connectivity index (χ0) is 13.5. The molecule has 0 spiro atoms. The van der Waals surface area contributed by atoms with Gasteiger partial charge in [0.25, 0.3) is 0 Å². The average Bonchev–Trinajstić information content (AvgIpc) is 2.27. The summed E-state index contributed by atoms with van der Waals surface area (Å²) in [6, 6.07) is 4.60. The van der Waals surface area contributed by atoms with Gasteiger partial charge in [-0.1, -0.05) is 23.2 Å². The van der Waals surface area contributed by atoms with E-state index in [2.05, 4.69) is 4.98 Å². The zero-order valence-corrected chi connectivity index (χ0v) is 10.0. The summed E-state index contributed by atoms with van der Waals surface area (Å²) in [6.07, 6.45) is -4.48. The molecular weight excluding hydrogens is 288 g/mol. The Kier molecular flexibility index (Phi) is 3.09. The van der Waals surface area contributed by atoms with Crippen LogP contribution < -0.4 is 0 Å². The van der Waals surface area contributed by atoms with Gasteiger partial charge >= 0.3 is 6.18 Å². The molecule has 1 aromatic heterocycles. The van der Waals surface area contributed by atoms with Crippen LogP contribution in [0, 0.1) is 11.3 Å². The predicted octanol–water partition coefficient (Wildman–Crippen LogP) is 4.43. The first kappa shape index (κ1) is 12.9. The Balaban J connectivity index is 2.82. The average molecular weight is 291 g/mol. The molecule has 1 heterocycles. The van der Waals surface area contributed by atoms with Crippen molar-refractivity contribution in [1.82, 2.24) is 4.98 Å². The molecule has 1 aromatic carbocycles. The normalized spacial score (nSPS) is 11.6. The maximum Gasteiger partial charge on any atom is 0.416 e. The summed E-state index contributed by atoms with van der Waals surface area (Å²) in [6.45, 7) is 0. The highest BCUT2D eigenvalue weighted by Gasteiger charge is 2.31. The van der Waals surface area contributed by atoms with Crippen molar-refractivity contribution < 1.29 is 13.2 Å². The van der Waals surface area contributed by atoms with Crippen LogP contribution in [0.4, 0.5) is 13.2 Å². The maximum atomic E-state index is 12.6. The number of fused-ring (bicyclic) bond motifs is 1. The first-order valence-corrected chi connectivity index (χ1v) is 5.36. The quantitative estimate of drug-likeness (QED) is 0.673. The Bertz CT molecular complexity index is 675.